The van der Waals surface area contributed by atoms with Gasteiger partial charge in [0.05, 0.1) is 12.0 Å². The highest BCUT2D eigenvalue weighted by Crippen LogP contribution is 2.44. The Hall–Kier alpha value is -1.10. The summed E-state index contributed by atoms with van der Waals surface area (Å²) in [6, 6.07) is 0. The van der Waals surface area contributed by atoms with Crippen molar-refractivity contribution in [1.82, 2.24) is 4.90 Å². The molecule has 3 atom stereocenters. The van der Waals surface area contributed by atoms with E-state index in [1.165, 1.54) is 0 Å². The van der Waals surface area contributed by atoms with Gasteiger partial charge in [0.25, 0.3) is 0 Å². The minimum absolute atomic E-state index is 0.0471. The number of aliphatic carboxylic acids is 1. The molecule has 1 saturated carbocycles. The molecule has 0 spiro atoms. The molecular formula is C14H21NO4. The number of rotatable bonds is 3. The zero-order valence-electron chi connectivity index (χ0n) is 11.3. The Balaban J connectivity index is 1.76. The number of carbonyl (C=O) groups is 2. The SMILES string of the molecule is CC(C(=O)N1C[C@H]2COCC[C@@]2(C(=O)O)C1)C1CC1. The molecule has 1 N–H and O–H groups in total. The van der Waals surface area contributed by atoms with Gasteiger partial charge in [-0.3, -0.25) is 9.59 Å². The Morgan fingerprint density at radius 1 is 1.42 bits per heavy atom. The minimum atomic E-state index is -0.768. The number of fused-ring (bicyclic) bond motifs is 1. The highest BCUT2D eigenvalue weighted by atomic mass is 16.5. The van der Waals surface area contributed by atoms with Crippen LogP contribution in [0.4, 0.5) is 0 Å². The molecule has 106 valence electrons. The number of hydrogen-bond donors (Lipinski definition) is 1. The van der Waals surface area contributed by atoms with Crippen molar-refractivity contribution >= 4 is 11.9 Å². The molecular weight excluding hydrogens is 246 g/mol. The highest BCUT2D eigenvalue weighted by Gasteiger charge is 2.55. The molecule has 3 aliphatic rings. The lowest BCUT2D eigenvalue weighted by atomic mass is 9.74. The molecule has 1 unspecified atom stereocenters. The zero-order chi connectivity index (χ0) is 13.6. The first-order chi connectivity index (χ1) is 9.04. The molecule has 5 nitrogen and oxygen atoms in total. The minimum Gasteiger partial charge on any atom is -0.481 e. The molecule has 0 aromatic rings. The zero-order valence-corrected chi connectivity index (χ0v) is 11.3. The Morgan fingerprint density at radius 2 is 2.16 bits per heavy atom. The van der Waals surface area contributed by atoms with Crippen molar-refractivity contribution in [2.75, 3.05) is 26.3 Å². The second-order valence-electron chi connectivity index (χ2n) is 6.33. The number of nitrogens with zero attached hydrogens (tertiary/aromatic N) is 1. The number of carbonyl (C=O) groups excluding carboxylic acids is 1. The van der Waals surface area contributed by atoms with Gasteiger partial charge >= 0.3 is 5.97 Å². The summed E-state index contributed by atoms with van der Waals surface area (Å²) in [5, 5.41) is 9.57. The molecule has 3 fully saturated rings. The van der Waals surface area contributed by atoms with E-state index in [1.54, 1.807) is 4.90 Å². The number of ether oxygens (including phenoxy) is 1. The van der Waals surface area contributed by atoms with Crippen LogP contribution in [0.2, 0.25) is 0 Å². The molecule has 19 heavy (non-hydrogen) atoms. The first-order valence-electron chi connectivity index (χ1n) is 7.14. The van der Waals surface area contributed by atoms with Gasteiger partial charge in [-0.2, -0.15) is 0 Å². The van der Waals surface area contributed by atoms with E-state index < -0.39 is 11.4 Å². The number of amides is 1. The van der Waals surface area contributed by atoms with Crippen LogP contribution in [-0.2, 0) is 14.3 Å². The lowest BCUT2D eigenvalue weighted by molar-refractivity contribution is -0.157. The molecule has 1 aliphatic carbocycles. The third kappa shape index (κ3) is 2.04. The first kappa shape index (κ1) is 12.9. The quantitative estimate of drug-likeness (QED) is 0.828. The van der Waals surface area contributed by atoms with E-state index in [9.17, 15) is 14.7 Å². The second-order valence-corrected chi connectivity index (χ2v) is 6.33. The fourth-order valence-electron chi connectivity index (χ4n) is 3.55. The number of hydrogen-bond acceptors (Lipinski definition) is 3. The van der Waals surface area contributed by atoms with E-state index in [0.29, 0.717) is 38.6 Å². The molecule has 2 heterocycles. The van der Waals surface area contributed by atoms with Crippen LogP contribution in [0.1, 0.15) is 26.2 Å². The molecule has 0 aromatic heterocycles. The molecule has 1 amide bonds. The summed E-state index contributed by atoms with van der Waals surface area (Å²) in [5.41, 5.74) is -0.767. The van der Waals surface area contributed by atoms with Crippen molar-refractivity contribution in [3.8, 4) is 0 Å². The molecule has 5 heteroatoms. The number of carboxylic acids is 1. The van der Waals surface area contributed by atoms with Crippen molar-refractivity contribution in [1.29, 1.82) is 0 Å². The lowest BCUT2D eigenvalue weighted by Gasteiger charge is -2.33. The lowest BCUT2D eigenvalue weighted by Crippen LogP contribution is -2.45. The van der Waals surface area contributed by atoms with Crippen LogP contribution in [0.15, 0.2) is 0 Å². The smallest absolute Gasteiger partial charge is 0.311 e. The highest BCUT2D eigenvalue weighted by molar-refractivity contribution is 5.82. The molecule has 0 bridgehead atoms. The van der Waals surface area contributed by atoms with Crippen LogP contribution >= 0.6 is 0 Å². The number of likely N-dealkylation sites (tertiary alicyclic amines) is 1. The van der Waals surface area contributed by atoms with Gasteiger partial charge in [0, 0.05) is 31.5 Å². The van der Waals surface area contributed by atoms with Gasteiger partial charge in [0.15, 0.2) is 0 Å². The van der Waals surface area contributed by atoms with Gasteiger partial charge in [-0.1, -0.05) is 6.92 Å². The third-order valence-corrected chi connectivity index (χ3v) is 5.16. The number of carboxylic acid groups (broad SMARTS) is 1. The van der Waals surface area contributed by atoms with E-state index in [4.69, 9.17) is 4.74 Å². The van der Waals surface area contributed by atoms with Crippen LogP contribution in [0.25, 0.3) is 0 Å². The van der Waals surface area contributed by atoms with Crippen LogP contribution in [0.3, 0.4) is 0 Å². The maximum Gasteiger partial charge on any atom is 0.311 e. The fraction of sp³-hybridized carbons (Fsp3) is 0.857. The van der Waals surface area contributed by atoms with Crippen molar-refractivity contribution in [2.45, 2.75) is 26.2 Å². The van der Waals surface area contributed by atoms with Crippen molar-refractivity contribution in [2.24, 2.45) is 23.2 Å². The van der Waals surface area contributed by atoms with Gasteiger partial charge in [0.2, 0.25) is 5.91 Å². The Morgan fingerprint density at radius 3 is 2.74 bits per heavy atom. The summed E-state index contributed by atoms with van der Waals surface area (Å²) >= 11 is 0. The monoisotopic (exact) mass is 267 g/mol. The fourth-order valence-corrected chi connectivity index (χ4v) is 3.55. The summed E-state index contributed by atoms with van der Waals surface area (Å²) in [6.07, 6.45) is 2.79. The summed E-state index contributed by atoms with van der Waals surface area (Å²) in [7, 11) is 0. The average Bonchev–Trinajstić information content (AvgIpc) is 3.16. The summed E-state index contributed by atoms with van der Waals surface area (Å²) in [4.78, 5) is 25.8. The third-order valence-electron chi connectivity index (χ3n) is 5.16. The molecule has 2 saturated heterocycles. The topological polar surface area (TPSA) is 66.8 Å². The Labute approximate surface area is 112 Å². The Kier molecular flexibility index (Phi) is 3.04. The predicted molar refractivity (Wildman–Crippen MR) is 67.5 cm³/mol. The summed E-state index contributed by atoms with van der Waals surface area (Å²) in [6.45, 7) is 3.84. The maximum absolute atomic E-state index is 12.4. The average molecular weight is 267 g/mol. The predicted octanol–water partition coefficient (Wildman–Crippen LogP) is 0.982. The van der Waals surface area contributed by atoms with Gasteiger partial charge in [-0.25, -0.2) is 0 Å². The van der Waals surface area contributed by atoms with Crippen LogP contribution in [-0.4, -0.2) is 48.2 Å². The molecule has 2 aliphatic heterocycles. The van der Waals surface area contributed by atoms with E-state index in [2.05, 4.69) is 0 Å². The normalized spacial score (nSPS) is 35.8. The molecule has 0 radical (unpaired) electrons. The van der Waals surface area contributed by atoms with E-state index in [1.807, 2.05) is 6.92 Å². The van der Waals surface area contributed by atoms with E-state index in [0.717, 1.165) is 12.8 Å². The summed E-state index contributed by atoms with van der Waals surface area (Å²) in [5.74, 6) is -0.110. The van der Waals surface area contributed by atoms with Gasteiger partial charge < -0.3 is 14.7 Å². The van der Waals surface area contributed by atoms with Crippen molar-refractivity contribution in [3.63, 3.8) is 0 Å². The maximum atomic E-state index is 12.4. The molecule has 0 aromatic carbocycles. The van der Waals surface area contributed by atoms with Crippen LogP contribution < -0.4 is 0 Å². The van der Waals surface area contributed by atoms with E-state index >= 15 is 0 Å². The van der Waals surface area contributed by atoms with Crippen molar-refractivity contribution in [3.05, 3.63) is 0 Å². The van der Waals surface area contributed by atoms with Gasteiger partial charge in [-0.15, -0.1) is 0 Å². The largest absolute Gasteiger partial charge is 0.481 e. The Bertz CT molecular complexity index is 406. The summed E-state index contributed by atoms with van der Waals surface area (Å²) < 4.78 is 5.41. The van der Waals surface area contributed by atoms with Crippen LogP contribution in [0, 0.1) is 23.2 Å². The van der Waals surface area contributed by atoms with Gasteiger partial charge in [-0.05, 0) is 25.2 Å². The van der Waals surface area contributed by atoms with Crippen molar-refractivity contribution < 1.29 is 19.4 Å². The second kappa shape index (κ2) is 4.47. The first-order valence-corrected chi connectivity index (χ1v) is 7.14. The molecule has 3 rings (SSSR count). The standard InChI is InChI=1S/C14H21NO4/c1-9(10-2-3-10)12(16)15-6-11-7-19-5-4-14(11,8-15)13(17)18/h9-11H,2-8H2,1H3,(H,17,18)/t9?,11-,14+/m0/s1. The van der Waals surface area contributed by atoms with Gasteiger partial charge in [0.1, 0.15) is 0 Å². The van der Waals surface area contributed by atoms with Crippen LogP contribution in [0.5, 0.6) is 0 Å². The van der Waals surface area contributed by atoms with E-state index in [-0.39, 0.29) is 17.7 Å².